The van der Waals surface area contributed by atoms with Gasteiger partial charge < -0.3 is 10.6 Å². The molecule has 1 amide bonds. The van der Waals surface area contributed by atoms with E-state index in [0.29, 0.717) is 5.92 Å². The zero-order chi connectivity index (χ0) is 13.9. The molecule has 1 aromatic carbocycles. The van der Waals surface area contributed by atoms with Crippen LogP contribution in [-0.2, 0) is 10.2 Å². The highest BCUT2D eigenvalue weighted by atomic mass is 16.2. The Bertz CT molecular complexity index is 428. The second-order valence-electron chi connectivity index (χ2n) is 6.04. The van der Waals surface area contributed by atoms with Gasteiger partial charge in [-0.25, -0.2) is 0 Å². The van der Waals surface area contributed by atoms with Crippen LogP contribution >= 0.6 is 0 Å². The third-order valence-electron chi connectivity index (χ3n) is 4.21. The molecule has 0 bridgehead atoms. The van der Waals surface area contributed by atoms with E-state index in [9.17, 15) is 4.79 Å². The maximum atomic E-state index is 12.5. The molecule has 0 aliphatic carbocycles. The van der Waals surface area contributed by atoms with E-state index in [-0.39, 0.29) is 11.9 Å². The molecule has 3 heteroatoms. The molecule has 2 unspecified atom stereocenters. The molecule has 2 atom stereocenters. The van der Waals surface area contributed by atoms with Crippen molar-refractivity contribution in [1.29, 1.82) is 0 Å². The van der Waals surface area contributed by atoms with Gasteiger partial charge in [-0.05, 0) is 38.3 Å². The molecule has 0 radical (unpaired) electrons. The summed E-state index contributed by atoms with van der Waals surface area (Å²) < 4.78 is 0. The first-order valence-electron chi connectivity index (χ1n) is 7.09. The summed E-state index contributed by atoms with van der Waals surface area (Å²) in [5.41, 5.74) is 0.572. The van der Waals surface area contributed by atoms with Crippen molar-refractivity contribution >= 4 is 5.91 Å². The lowest BCUT2D eigenvalue weighted by molar-refractivity contribution is -0.126. The number of carbonyl (C=O) groups excluding carboxylic acids is 1. The molecule has 1 fully saturated rings. The number of benzene rings is 1. The molecule has 1 heterocycles. The summed E-state index contributed by atoms with van der Waals surface area (Å²) in [6.07, 6.45) is 1.12. The summed E-state index contributed by atoms with van der Waals surface area (Å²) in [5.74, 6) is 0.649. The number of carbonyl (C=O) groups is 1. The number of piperidine rings is 1. The van der Waals surface area contributed by atoms with Crippen LogP contribution in [0.4, 0.5) is 0 Å². The van der Waals surface area contributed by atoms with Crippen LogP contribution in [-0.4, -0.2) is 25.0 Å². The highest BCUT2D eigenvalue weighted by molar-refractivity contribution is 5.87. The van der Waals surface area contributed by atoms with Crippen LogP contribution < -0.4 is 10.6 Å². The van der Waals surface area contributed by atoms with Gasteiger partial charge in [-0.1, -0.05) is 37.3 Å². The zero-order valence-corrected chi connectivity index (χ0v) is 12.1. The number of amides is 1. The topological polar surface area (TPSA) is 41.1 Å². The Kier molecular flexibility index (Phi) is 4.25. The van der Waals surface area contributed by atoms with E-state index in [1.165, 1.54) is 0 Å². The molecule has 1 saturated heterocycles. The van der Waals surface area contributed by atoms with E-state index in [0.717, 1.165) is 25.1 Å². The number of hydrogen-bond acceptors (Lipinski definition) is 2. The minimum absolute atomic E-state index is 0.110. The normalized spacial score (nSPS) is 23.9. The van der Waals surface area contributed by atoms with Gasteiger partial charge in [0, 0.05) is 12.6 Å². The van der Waals surface area contributed by atoms with Gasteiger partial charge in [0.05, 0.1) is 5.41 Å². The SMILES string of the molecule is CC1CCNCC1NC(=O)C(C)(C)c1ccccc1. The molecule has 1 aliphatic rings. The average Bonchev–Trinajstić information content (AvgIpc) is 2.42. The molecule has 3 nitrogen and oxygen atoms in total. The van der Waals surface area contributed by atoms with Gasteiger partial charge >= 0.3 is 0 Å². The number of rotatable bonds is 3. The Morgan fingerprint density at radius 1 is 1.32 bits per heavy atom. The first-order chi connectivity index (χ1) is 9.01. The van der Waals surface area contributed by atoms with Crippen molar-refractivity contribution in [3.05, 3.63) is 35.9 Å². The molecule has 0 saturated carbocycles. The van der Waals surface area contributed by atoms with Crippen LogP contribution in [0.5, 0.6) is 0 Å². The molecule has 1 aromatic rings. The molecule has 19 heavy (non-hydrogen) atoms. The van der Waals surface area contributed by atoms with Crippen LogP contribution in [0.1, 0.15) is 32.8 Å². The Morgan fingerprint density at radius 3 is 2.63 bits per heavy atom. The van der Waals surface area contributed by atoms with E-state index in [4.69, 9.17) is 0 Å². The highest BCUT2D eigenvalue weighted by Crippen LogP contribution is 2.24. The van der Waals surface area contributed by atoms with E-state index < -0.39 is 5.41 Å². The van der Waals surface area contributed by atoms with Gasteiger partial charge in [0.1, 0.15) is 0 Å². The summed E-state index contributed by atoms with van der Waals surface area (Å²) >= 11 is 0. The summed E-state index contributed by atoms with van der Waals surface area (Å²) in [6, 6.07) is 10.2. The van der Waals surface area contributed by atoms with E-state index in [2.05, 4.69) is 17.6 Å². The predicted molar refractivity (Wildman–Crippen MR) is 78.0 cm³/mol. The van der Waals surface area contributed by atoms with Crippen molar-refractivity contribution in [3.8, 4) is 0 Å². The fourth-order valence-electron chi connectivity index (χ4n) is 2.52. The Balaban J connectivity index is 2.06. The lowest BCUT2D eigenvalue weighted by atomic mass is 9.83. The first kappa shape index (κ1) is 14.1. The molecule has 2 rings (SSSR count). The Hall–Kier alpha value is -1.35. The van der Waals surface area contributed by atoms with Gasteiger partial charge in [-0.3, -0.25) is 4.79 Å². The van der Waals surface area contributed by atoms with Crippen LogP contribution in [0.25, 0.3) is 0 Å². The Morgan fingerprint density at radius 2 is 2.00 bits per heavy atom. The van der Waals surface area contributed by atoms with Crippen LogP contribution in [0.2, 0.25) is 0 Å². The largest absolute Gasteiger partial charge is 0.351 e. The zero-order valence-electron chi connectivity index (χ0n) is 12.1. The van der Waals surface area contributed by atoms with Crippen molar-refractivity contribution < 1.29 is 4.79 Å². The predicted octanol–water partition coefficient (Wildman–Crippen LogP) is 2.08. The smallest absolute Gasteiger partial charge is 0.230 e. The monoisotopic (exact) mass is 260 g/mol. The van der Waals surface area contributed by atoms with Crippen molar-refractivity contribution in [2.24, 2.45) is 5.92 Å². The molecule has 104 valence electrons. The van der Waals surface area contributed by atoms with Crippen molar-refractivity contribution in [2.45, 2.75) is 38.6 Å². The van der Waals surface area contributed by atoms with Crippen molar-refractivity contribution in [3.63, 3.8) is 0 Å². The molecule has 0 spiro atoms. The third-order valence-corrected chi connectivity index (χ3v) is 4.21. The molecule has 1 aliphatic heterocycles. The van der Waals surface area contributed by atoms with Gasteiger partial charge in [0.15, 0.2) is 0 Å². The molecule has 2 N–H and O–H groups in total. The first-order valence-corrected chi connectivity index (χ1v) is 7.09. The lowest BCUT2D eigenvalue weighted by Gasteiger charge is -2.33. The number of hydrogen-bond donors (Lipinski definition) is 2. The van der Waals surface area contributed by atoms with Gasteiger partial charge in [0.2, 0.25) is 5.91 Å². The minimum Gasteiger partial charge on any atom is -0.351 e. The quantitative estimate of drug-likeness (QED) is 0.873. The van der Waals surface area contributed by atoms with Gasteiger partial charge in [0.25, 0.3) is 0 Å². The second-order valence-corrected chi connectivity index (χ2v) is 6.04. The minimum atomic E-state index is -0.488. The van der Waals surface area contributed by atoms with E-state index in [1.54, 1.807) is 0 Å². The second kappa shape index (κ2) is 5.74. The van der Waals surface area contributed by atoms with Crippen LogP contribution in [0.3, 0.4) is 0 Å². The summed E-state index contributed by atoms with van der Waals surface area (Å²) in [5, 5.41) is 6.55. The average molecular weight is 260 g/mol. The van der Waals surface area contributed by atoms with Crippen LogP contribution in [0.15, 0.2) is 30.3 Å². The van der Waals surface area contributed by atoms with E-state index in [1.807, 2.05) is 44.2 Å². The molecule has 0 aromatic heterocycles. The molecular formula is C16H24N2O. The van der Waals surface area contributed by atoms with E-state index >= 15 is 0 Å². The van der Waals surface area contributed by atoms with Crippen molar-refractivity contribution in [2.75, 3.05) is 13.1 Å². The maximum Gasteiger partial charge on any atom is 0.230 e. The highest BCUT2D eigenvalue weighted by Gasteiger charge is 2.32. The standard InChI is InChI=1S/C16H24N2O/c1-12-9-10-17-11-14(12)18-15(19)16(2,3)13-7-5-4-6-8-13/h4-8,12,14,17H,9-11H2,1-3H3,(H,18,19). The third kappa shape index (κ3) is 3.16. The van der Waals surface area contributed by atoms with Crippen LogP contribution in [0, 0.1) is 5.92 Å². The Labute approximate surface area is 115 Å². The summed E-state index contributed by atoms with van der Waals surface area (Å²) in [6.45, 7) is 8.10. The lowest BCUT2D eigenvalue weighted by Crippen LogP contribution is -2.54. The van der Waals surface area contributed by atoms with Crippen molar-refractivity contribution in [1.82, 2.24) is 10.6 Å². The maximum absolute atomic E-state index is 12.5. The van der Waals surface area contributed by atoms with Gasteiger partial charge in [-0.15, -0.1) is 0 Å². The fraction of sp³-hybridized carbons (Fsp3) is 0.562. The molecular weight excluding hydrogens is 236 g/mol. The summed E-state index contributed by atoms with van der Waals surface area (Å²) in [7, 11) is 0. The summed E-state index contributed by atoms with van der Waals surface area (Å²) in [4.78, 5) is 12.5. The number of nitrogens with one attached hydrogen (secondary N) is 2. The fourth-order valence-corrected chi connectivity index (χ4v) is 2.52. The van der Waals surface area contributed by atoms with Gasteiger partial charge in [-0.2, -0.15) is 0 Å².